The largest absolute Gasteiger partial charge is 0.192 e. The van der Waals surface area contributed by atoms with Crippen LogP contribution in [0.1, 0.15) is 29.9 Å². The highest BCUT2D eigenvalue weighted by molar-refractivity contribution is 7.98. The molecule has 0 spiro atoms. The summed E-state index contributed by atoms with van der Waals surface area (Å²) in [5, 5.41) is 10.2. The monoisotopic (exact) mass is 299 g/mol. The fourth-order valence-electron chi connectivity index (χ4n) is 2.44. The maximum Gasteiger partial charge on any atom is 0.101 e. The summed E-state index contributed by atoms with van der Waals surface area (Å²) >= 11 is 7.59. The number of nitrogens with zero attached hydrogens (tertiary/aromatic N) is 1. The van der Waals surface area contributed by atoms with Crippen LogP contribution in [0.4, 0.5) is 0 Å². The first-order valence-electron chi connectivity index (χ1n) is 6.61. The van der Waals surface area contributed by atoms with E-state index in [-0.39, 0.29) is 0 Å². The third-order valence-corrected chi connectivity index (χ3v) is 4.67. The third kappa shape index (κ3) is 2.57. The molecule has 1 aliphatic rings. The quantitative estimate of drug-likeness (QED) is 0.701. The van der Waals surface area contributed by atoms with Crippen molar-refractivity contribution >= 4 is 23.4 Å². The van der Waals surface area contributed by atoms with Crippen molar-refractivity contribution in [1.29, 1.82) is 5.26 Å². The summed E-state index contributed by atoms with van der Waals surface area (Å²) in [7, 11) is 0. The van der Waals surface area contributed by atoms with Crippen LogP contribution < -0.4 is 0 Å². The first kappa shape index (κ1) is 13.5. The van der Waals surface area contributed by atoms with E-state index in [2.05, 4.69) is 18.2 Å². The van der Waals surface area contributed by atoms with Gasteiger partial charge in [-0.15, -0.1) is 11.8 Å². The van der Waals surface area contributed by atoms with Crippen molar-refractivity contribution in [3.8, 4) is 17.2 Å². The van der Waals surface area contributed by atoms with Crippen molar-refractivity contribution in [2.24, 2.45) is 0 Å². The van der Waals surface area contributed by atoms with Gasteiger partial charge in [-0.05, 0) is 66.0 Å². The Kier molecular flexibility index (Phi) is 3.74. The maximum absolute atomic E-state index is 9.42. The van der Waals surface area contributed by atoms with E-state index < -0.39 is 0 Å². The normalized spacial score (nSPS) is 14.1. The molecule has 1 fully saturated rings. The summed E-state index contributed by atoms with van der Waals surface area (Å²) in [5.41, 5.74) is 4.39. The minimum atomic E-state index is 0.572. The molecular formula is C17H14ClNS. The lowest BCUT2D eigenvalue weighted by Crippen LogP contribution is -1.92. The van der Waals surface area contributed by atoms with Crippen LogP contribution in [0.5, 0.6) is 0 Å². The Balaban J connectivity index is 2.14. The van der Waals surface area contributed by atoms with Crippen LogP contribution in [-0.2, 0) is 0 Å². The van der Waals surface area contributed by atoms with Crippen LogP contribution in [0.25, 0.3) is 11.1 Å². The average molecular weight is 300 g/mol. The number of hydrogen-bond acceptors (Lipinski definition) is 2. The summed E-state index contributed by atoms with van der Waals surface area (Å²) in [6.45, 7) is 0. The molecule has 0 aromatic heterocycles. The van der Waals surface area contributed by atoms with Gasteiger partial charge in [0, 0.05) is 9.92 Å². The van der Waals surface area contributed by atoms with Crippen LogP contribution in [0.3, 0.4) is 0 Å². The molecule has 0 aliphatic heterocycles. The zero-order chi connectivity index (χ0) is 14.1. The molecule has 2 aromatic rings. The molecule has 1 nitrogen and oxygen atoms in total. The zero-order valence-corrected chi connectivity index (χ0v) is 12.8. The maximum atomic E-state index is 9.42. The Morgan fingerprint density at radius 1 is 1.15 bits per heavy atom. The predicted octanol–water partition coefficient (Wildman–Crippen LogP) is 5.48. The molecule has 1 saturated carbocycles. The minimum Gasteiger partial charge on any atom is -0.192 e. The average Bonchev–Trinajstić information content (AvgIpc) is 3.31. The summed E-state index contributed by atoms with van der Waals surface area (Å²) in [4.78, 5) is 1.07. The molecular weight excluding hydrogens is 286 g/mol. The van der Waals surface area contributed by atoms with Gasteiger partial charge in [-0.2, -0.15) is 5.26 Å². The van der Waals surface area contributed by atoms with E-state index in [0.717, 1.165) is 21.0 Å². The highest BCUT2D eigenvalue weighted by atomic mass is 35.5. The van der Waals surface area contributed by atoms with Crippen LogP contribution in [0.2, 0.25) is 5.02 Å². The minimum absolute atomic E-state index is 0.572. The third-order valence-electron chi connectivity index (χ3n) is 3.66. The Labute approximate surface area is 128 Å². The Bertz CT molecular complexity index is 681. The van der Waals surface area contributed by atoms with Gasteiger partial charge in [0.1, 0.15) is 6.07 Å². The first-order valence-corrected chi connectivity index (χ1v) is 8.21. The molecule has 3 rings (SSSR count). The smallest absolute Gasteiger partial charge is 0.101 e. The highest BCUT2D eigenvalue weighted by Gasteiger charge is 2.28. The number of halogens is 1. The number of rotatable bonds is 3. The number of thioether (sulfide) groups is 1. The van der Waals surface area contributed by atoms with E-state index in [1.54, 1.807) is 11.8 Å². The van der Waals surface area contributed by atoms with Gasteiger partial charge >= 0.3 is 0 Å². The molecule has 1 aliphatic carbocycles. The molecule has 0 atom stereocenters. The van der Waals surface area contributed by atoms with Crippen LogP contribution >= 0.6 is 23.4 Å². The van der Waals surface area contributed by atoms with Crippen molar-refractivity contribution in [2.45, 2.75) is 23.7 Å². The van der Waals surface area contributed by atoms with Crippen molar-refractivity contribution in [3.05, 3.63) is 52.5 Å². The molecule has 20 heavy (non-hydrogen) atoms. The van der Waals surface area contributed by atoms with Gasteiger partial charge in [0.05, 0.1) is 5.56 Å². The molecule has 0 amide bonds. The molecule has 0 heterocycles. The number of nitriles is 1. The second-order valence-corrected chi connectivity index (χ2v) is 6.32. The molecule has 0 radical (unpaired) electrons. The predicted molar refractivity (Wildman–Crippen MR) is 85.4 cm³/mol. The van der Waals surface area contributed by atoms with E-state index in [1.807, 2.05) is 30.5 Å². The molecule has 0 N–H and O–H groups in total. The van der Waals surface area contributed by atoms with Crippen molar-refractivity contribution in [3.63, 3.8) is 0 Å². The van der Waals surface area contributed by atoms with Gasteiger partial charge in [0.25, 0.3) is 0 Å². The second kappa shape index (κ2) is 5.52. The summed E-state index contributed by atoms with van der Waals surface area (Å²) < 4.78 is 0. The lowest BCUT2D eigenvalue weighted by molar-refractivity contribution is 1.10. The van der Waals surface area contributed by atoms with Gasteiger partial charge in [-0.25, -0.2) is 0 Å². The Morgan fingerprint density at radius 2 is 1.85 bits per heavy atom. The van der Waals surface area contributed by atoms with Crippen molar-refractivity contribution in [2.75, 3.05) is 6.26 Å². The molecule has 0 unspecified atom stereocenters. The summed E-state index contributed by atoms with van der Waals surface area (Å²) in [5.74, 6) is 0.572. The molecule has 3 heteroatoms. The lowest BCUT2D eigenvalue weighted by Gasteiger charge is -2.11. The van der Waals surface area contributed by atoms with Crippen LogP contribution in [0, 0.1) is 11.3 Å². The zero-order valence-electron chi connectivity index (χ0n) is 11.2. The fourth-order valence-corrected chi connectivity index (χ4v) is 3.18. The fraction of sp³-hybridized carbons (Fsp3) is 0.235. The van der Waals surface area contributed by atoms with Crippen LogP contribution in [-0.4, -0.2) is 6.26 Å². The topological polar surface area (TPSA) is 23.8 Å². The SMILES string of the molecule is CSc1cc(-c2ccc(Cl)cc2)cc(C2CC2)c1C#N. The Hall–Kier alpha value is -1.43. The van der Waals surface area contributed by atoms with Gasteiger partial charge < -0.3 is 0 Å². The lowest BCUT2D eigenvalue weighted by atomic mass is 9.97. The van der Waals surface area contributed by atoms with Gasteiger partial charge in [0.2, 0.25) is 0 Å². The molecule has 0 saturated heterocycles. The first-order chi connectivity index (χ1) is 9.72. The molecule has 100 valence electrons. The second-order valence-electron chi connectivity index (χ2n) is 5.04. The molecule has 0 bridgehead atoms. The van der Waals surface area contributed by atoms with E-state index >= 15 is 0 Å². The van der Waals surface area contributed by atoms with Crippen molar-refractivity contribution < 1.29 is 0 Å². The number of hydrogen-bond donors (Lipinski definition) is 0. The van der Waals surface area contributed by atoms with E-state index in [9.17, 15) is 5.26 Å². The Morgan fingerprint density at radius 3 is 2.40 bits per heavy atom. The van der Waals surface area contributed by atoms with E-state index in [1.165, 1.54) is 24.0 Å². The van der Waals surface area contributed by atoms with Crippen LogP contribution in [0.15, 0.2) is 41.3 Å². The highest BCUT2D eigenvalue weighted by Crippen LogP contribution is 2.45. The summed E-state index contributed by atoms with van der Waals surface area (Å²) in [6, 6.07) is 14.6. The standard InChI is InChI=1S/C17H14ClNS/c1-20-17-9-13(11-4-6-14(18)7-5-11)8-15(12-2-3-12)16(17)10-19/h4-9,12H,2-3H2,1H3. The number of benzene rings is 2. The summed E-state index contributed by atoms with van der Waals surface area (Å²) in [6.07, 6.45) is 4.43. The van der Waals surface area contributed by atoms with Gasteiger partial charge in [-0.1, -0.05) is 23.7 Å². The van der Waals surface area contributed by atoms with Gasteiger partial charge in [-0.3, -0.25) is 0 Å². The van der Waals surface area contributed by atoms with Crippen molar-refractivity contribution in [1.82, 2.24) is 0 Å². The molecule has 2 aromatic carbocycles. The van der Waals surface area contributed by atoms with E-state index in [4.69, 9.17) is 11.6 Å². The van der Waals surface area contributed by atoms with E-state index in [0.29, 0.717) is 5.92 Å². The van der Waals surface area contributed by atoms with Gasteiger partial charge in [0.15, 0.2) is 0 Å².